The third-order valence-electron chi connectivity index (χ3n) is 3.27. The zero-order valence-electron chi connectivity index (χ0n) is 10.7. The van der Waals surface area contributed by atoms with Gasteiger partial charge in [-0.2, -0.15) is 9.40 Å². The predicted molar refractivity (Wildman–Crippen MR) is 66.3 cm³/mol. The number of H-pyrrole nitrogens is 1. The number of carbonyl (C=O) groups is 2. The first kappa shape index (κ1) is 14.5. The van der Waals surface area contributed by atoms with Crippen molar-refractivity contribution in [3.8, 4) is 0 Å². The Balaban J connectivity index is 2.38. The van der Waals surface area contributed by atoms with Crippen LogP contribution >= 0.6 is 0 Å². The van der Waals surface area contributed by atoms with E-state index < -0.39 is 32.8 Å². The standard InChI is InChI=1S/C10H14N4O5S/c1-5-7(10(16)17)9(13-12-5)20(18,19)14-3-2-6(4-14)8(11)15/h6H,2-4H2,1H3,(H2,11,15)(H,12,13)(H,16,17). The van der Waals surface area contributed by atoms with Crippen LogP contribution in [0.1, 0.15) is 22.5 Å². The average Bonchev–Trinajstić information content (AvgIpc) is 2.94. The van der Waals surface area contributed by atoms with Crippen molar-refractivity contribution in [3.05, 3.63) is 11.3 Å². The smallest absolute Gasteiger partial charge is 0.340 e. The summed E-state index contributed by atoms with van der Waals surface area (Å²) in [6.07, 6.45) is 0.320. The van der Waals surface area contributed by atoms with Crippen molar-refractivity contribution in [2.75, 3.05) is 13.1 Å². The number of hydrogen-bond acceptors (Lipinski definition) is 5. The number of sulfonamides is 1. The van der Waals surface area contributed by atoms with Gasteiger partial charge in [0.25, 0.3) is 10.0 Å². The summed E-state index contributed by atoms with van der Waals surface area (Å²) in [4.78, 5) is 22.2. The van der Waals surface area contributed by atoms with E-state index in [1.165, 1.54) is 6.92 Å². The van der Waals surface area contributed by atoms with Gasteiger partial charge in [-0.1, -0.05) is 0 Å². The summed E-state index contributed by atoms with van der Waals surface area (Å²) < 4.78 is 25.8. The van der Waals surface area contributed by atoms with E-state index in [1.807, 2.05) is 0 Å². The minimum absolute atomic E-state index is 0.0529. The van der Waals surface area contributed by atoms with Crippen molar-refractivity contribution in [2.45, 2.75) is 18.4 Å². The molecule has 9 nitrogen and oxygen atoms in total. The number of aromatic nitrogens is 2. The largest absolute Gasteiger partial charge is 0.478 e. The topological polar surface area (TPSA) is 146 Å². The highest BCUT2D eigenvalue weighted by Crippen LogP contribution is 2.26. The highest BCUT2D eigenvalue weighted by molar-refractivity contribution is 7.89. The Morgan fingerprint density at radius 3 is 2.65 bits per heavy atom. The van der Waals surface area contributed by atoms with E-state index in [0.717, 1.165) is 4.31 Å². The number of carbonyl (C=O) groups excluding carboxylic acids is 1. The van der Waals surface area contributed by atoms with Crippen LogP contribution < -0.4 is 5.73 Å². The predicted octanol–water partition coefficient (Wildman–Crippen LogP) is -1.09. The van der Waals surface area contributed by atoms with Crippen LogP contribution in [0.15, 0.2) is 5.03 Å². The number of amides is 1. The Hall–Kier alpha value is -1.94. The van der Waals surface area contributed by atoms with Gasteiger partial charge >= 0.3 is 5.97 Å². The maximum atomic E-state index is 12.4. The van der Waals surface area contributed by atoms with Crippen LogP contribution in [0.2, 0.25) is 0 Å². The van der Waals surface area contributed by atoms with Crippen molar-refractivity contribution < 1.29 is 23.1 Å². The van der Waals surface area contributed by atoms with Crippen molar-refractivity contribution in [1.29, 1.82) is 0 Å². The highest BCUT2D eigenvalue weighted by Gasteiger charge is 2.38. The molecule has 0 spiro atoms. The van der Waals surface area contributed by atoms with Gasteiger partial charge in [-0.3, -0.25) is 9.89 Å². The van der Waals surface area contributed by atoms with Gasteiger partial charge in [0.15, 0.2) is 0 Å². The van der Waals surface area contributed by atoms with E-state index >= 15 is 0 Å². The average molecular weight is 302 g/mol. The number of primary amides is 1. The molecule has 1 fully saturated rings. The molecule has 0 saturated carbocycles. The molecule has 1 unspecified atom stereocenters. The molecule has 1 aliphatic rings. The summed E-state index contributed by atoms with van der Waals surface area (Å²) in [6, 6.07) is 0. The Bertz CT molecular complexity index is 665. The lowest BCUT2D eigenvalue weighted by atomic mass is 10.1. The second-order valence-corrected chi connectivity index (χ2v) is 6.44. The number of aryl methyl sites for hydroxylation is 1. The van der Waals surface area contributed by atoms with Crippen LogP contribution in [0.4, 0.5) is 0 Å². The van der Waals surface area contributed by atoms with Crippen molar-refractivity contribution >= 4 is 21.9 Å². The van der Waals surface area contributed by atoms with E-state index in [-0.39, 0.29) is 24.3 Å². The Labute approximate surface area is 114 Å². The molecule has 2 heterocycles. The Kier molecular flexibility index (Phi) is 3.52. The van der Waals surface area contributed by atoms with Crippen LogP contribution in [-0.2, 0) is 14.8 Å². The quantitative estimate of drug-likeness (QED) is 0.644. The van der Waals surface area contributed by atoms with Gasteiger partial charge < -0.3 is 10.8 Å². The monoisotopic (exact) mass is 302 g/mol. The number of hydrogen-bond donors (Lipinski definition) is 3. The van der Waals surface area contributed by atoms with Gasteiger partial charge in [-0.25, -0.2) is 13.2 Å². The maximum Gasteiger partial charge on any atom is 0.340 e. The molecule has 2 rings (SSSR count). The minimum Gasteiger partial charge on any atom is -0.478 e. The first-order valence-corrected chi connectivity index (χ1v) is 7.27. The summed E-state index contributed by atoms with van der Waals surface area (Å²) in [5.41, 5.74) is 4.92. The number of nitrogens with two attached hydrogens (primary N) is 1. The number of aromatic amines is 1. The Morgan fingerprint density at radius 1 is 1.50 bits per heavy atom. The molecule has 1 aromatic rings. The molecule has 1 aromatic heterocycles. The lowest BCUT2D eigenvalue weighted by molar-refractivity contribution is -0.121. The number of nitrogens with one attached hydrogen (secondary N) is 1. The zero-order valence-corrected chi connectivity index (χ0v) is 11.5. The lowest BCUT2D eigenvalue weighted by Gasteiger charge is -2.14. The van der Waals surface area contributed by atoms with Crippen LogP contribution in [0, 0.1) is 12.8 Å². The molecule has 10 heteroatoms. The van der Waals surface area contributed by atoms with E-state index in [2.05, 4.69) is 10.2 Å². The summed E-state index contributed by atoms with van der Waals surface area (Å²) in [6.45, 7) is 1.48. The molecule has 1 aliphatic heterocycles. The normalized spacial score (nSPS) is 20.1. The molecule has 1 atom stereocenters. The van der Waals surface area contributed by atoms with E-state index in [1.54, 1.807) is 0 Å². The van der Waals surface area contributed by atoms with Crippen molar-refractivity contribution in [3.63, 3.8) is 0 Å². The third-order valence-corrected chi connectivity index (χ3v) is 5.06. The van der Waals surface area contributed by atoms with Gasteiger partial charge in [0.1, 0.15) is 5.56 Å². The molecular weight excluding hydrogens is 288 g/mol. The second kappa shape index (κ2) is 4.87. The fourth-order valence-electron chi connectivity index (χ4n) is 2.15. The number of aromatic carboxylic acids is 1. The summed E-state index contributed by atoms with van der Waals surface area (Å²) in [5.74, 6) is -2.50. The van der Waals surface area contributed by atoms with E-state index in [0.29, 0.717) is 6.42 Å². The van der Waals surface area contributed by atoms with Gasteiger partial charge in [0.05, 0.1) is 5.92 Å². The van der Waals surface area contributed by atoms with E-state index in [4.69, 9.17) is 10.8 Å². The third kappa shape index (κ3) is 2.27. The summed E-state index contributed by atoms with van der Waals surface area (Å²) in [5, 5.41) is 14.5. The lowest BCUT2D eigenvalue weighted by Crippen LogP contribution is -2.32. The molecule has 20 heavy (non-hydrogen) atoms. The maximum absolute atomic E-state index is 12.4. The second-order valence-electron chi connectivity index (χ2n) is 4.58. The molecular formula is C10H14N4O5S. The molecule has 0 radical (unpaired) electrons. The fraction of sp³-hybridized carbons (Fsp3) is 0.500. The number of carboxylic acids is 1. The number of rotatable bonds is 4. The van der Waals surface area contributed by atoms with Crippen molar-refractivity contribution in [1.82, 2.24) is 14.5 Å². The molecule has 110 valence electrons. The summed E-state index contributed by atoms with van der Waals surface area (Å²) in [7, 11) is -4.06. The van der Waals surface area contributed by atoms with Gasteiger partial charge in [-0.05, 0) is 13.3 Å². The minimum atomic E-state index is -4.06. The van der Waals surface area contributed by atoms with Crippen LogP contribution in [-0.4, -0.2) is 53.0 Å². The first-order valence-electron chi connectivity index (χ1n) is 5.83. The molecule has 1 saturated heterocycles. The SMILES string of the molecule is Cc1[nH]nc(S(=O)(=O)N2CCC(C(N)=O)C2)c1C(=O)O. The molecule has 0 aliphatic carbocycles. The van der Waals surface area contributed by atoms with Crippen molar-refractivity contribution in [2.24, 2.45) is 11.7 Å². The summed E-state index contributed by atoms with van der Waals surface area (Å²) >= 11 is 0. The molecule has 0 bridgehead atoms. The molecule has 0 aromatic carbocycles. The Morgan fingerprint density at radius 2 is 2.15 bits per heavy atom. The number of nitrogens with zero attached hydrogens (tertiary/aromatic N) is 2. The van der Waals surface area contributed by atoms with Crippen LogP contribution in [0.25, 0.3) is 0 Å². The fourth-order valence-corrected chi connectivity index (χ4v) is 3.77. The van der Waals surface area contributed by atoms with Gasteiger partial charge in [0.2, 0.25) is 10.9 Å². The molecule has 4 N–H and O–H groups in total. The molecule has 1 amide bonds. The number of carboxylic acid groups (broad SMARTS) is 1. The highest BCUT2D eigenvalue weighted by atomic mass is 32.2. The zero-order chi connectivity index (χ0) is 15.1. The van der Waals surface area contributed by atoms with Gasteiger partial charge in [0, 0.05) is 18.8 Å². The van der Waals surface area contributed by atoms with E-state index in [9.17, 15) is 18.0 Å². The van der Waals surface area contributed by atoms with Crippen LogP contribution in [0.3, 0.4) is 0 Å². The van der Waals surface area contributed by atoms with Gasteiger partial charge in [-0.15, -0.1) is 0 Å². The first-order chi connectivity index (χ1) is 9.25. The van der Waals surface area contributed by atoms with Crippen LogP contribution in [0.5, 0.6) is 0 Å².